The lowest BCUT2D eigenvalue weighted by molar-refractivity contribution is 0.0699. The predicted molar refractivity (Wildman–Crippen MR) is 179 cm³/mol. The van der Waals surface area contributed by atoms with E-state index < -0.39 is 5.97 Å². The number of carboxylic acids is 1. The summed E-state index contributed by atoms with van der Waals surface area (Å²) in [5.74, 6) is 6.08. The van der Waals surface area contributed by atoms with Crippen molar-refractivity contribution in [2.45, 2.75) is 31.8 Å². The van der Waals surface area contributed by atoms with Crippen molar-refractivity contribution in [2.75, 3.05) is 31.1 Å². The van der Waals surface area contributed by atoms with Gasteiger partial charge < -0.3 is 10.0 Å². The zero-order chi connectivity index (χ0) is 32.9. The van der Waals surface area contributed by atoms with Gasteiger partial charge in [0.1, 0.15) is 28.8 Å². The maximum Gasteiger partial charge on any atom is 0.338 e. The van der Waals surface area contributed by atoms with E-state index in [0.29, 0.717) is 69.7 Å². The number of carbonyl (C=O) groups is 1. The van der Waals surface area contributed by atoms with Crippen LogP contribution in [0.2, 0.25) is 5.02 Å². The van der Waals surface area contributed by atoms with Crippen molar-refractivity contribution in [2.24, 2.45) is 0 Å². The molecule has 0 atom stereocenters. The number of halogens is 1. The number of piperazine rings is 1. The molecule has 7 rings (SSSR count). The van der Waals surface area contributed by atoms with Gasteiger partial charge in [-0.2, -0.15) is 10.5 Å². The van der Waals surface area contributed by atoms with Crippen molar-refractivity contribution in [1.82, 2.24) is 24.4 Å². The average Bonchev–Trinajstić information content (AvgIpc) is 3.76. The first kappa shape index (κ1) is 30.3. The molecule has 11 nitrogen and oxygen atoms in total. The van der Waals surface area contributed by atoms with Crippen LogP contribution in [-0.4, -0.2) is 67.2 Å². The third-order valence-corrected chi connectivity index (χ3v) is 10.1. The number of hydrogen-bond donors (Lipinski definition) is 1. The molecule has 13 heteroatoms. The number of nitrogens with zero attached hydrogens (tertiary/aromatic N) is 8. The number of hydrogen-bond acceptors (Lipinski definition) is 10. The van der Waals surface area contributed by atoms with Crippen LogP contribution in [0.4, 0.5) is 5.82 Å². The summed E-state index contributed by atoms with van der Waals surface area (Å²) in [6.07, 6.45) is 4.85. The zero-order valence-electron chi connectivity index (χ0n) is 25.1. The number of thiophene rings is 1. The van der Waals surface area contributed by atoms with Gasteiger partial charge in [-0.15, -0.1) is 11.3 Å². The molecule has 1 aliphatic carbocycles. The normalized spacial score (nSPS) is 15.5. The van der Waals surface area contributed by atoms with Gasteiger partial charge in [-0.25, -0.2) is 14.8 Å². The van der Waals surface area contributed by atoms with E-state index in [4.69, 9.17) is 11.6 Å². The molecule has 2 fully saturated rings. The van der Waals surface area contributed by atoms with Crippen LogP contribution in [0.15, 0.2) is 46.8 Å². The molecule has 5 aromatic rings. The molecule has 0 spiro atoms. The summed E-state index contributed by atoms with van der Waals surface area (Å²) < 4.78 is 2.15. The highest BCUT2D eigenvalue weighted by atomic mass is 35.5. The lowest BCUT2D eigenvalue weighted by Crippen LogP contribution is -2.51. The highest BCUT2D eigenvalue weighted by molar-refractivity contribution is 7.18. The molecule has 0 amide bonds. The number of carboxylic acid groups (broad SMARTS) is 1. The van der Waals surface area contributed by atoms with Crippen molar-refractivity contribution in [3.63, 3.8) is 0 Å². The van der Waals surface area contributed by atoms with Crippen LogP contribution in [0.5, 0.6) is 0 Å². The first-order valence-electron chi connectivity index (χ1n) is 14.8. The summed E-state index contributed by atoms with van der Waals surface area (Å²) in [6, 6.07) is 11.7. The summed E-state index contributed by atoms with van der Waals surface area (Å²) in [7, 11) is 0. The summed E-state index contributed by atoms with van der Waals surface area (Å²) in [5, 5.41) is 31.7. The number of benzene rings is 1. The summed E-state index contributed by atoms with van der Waals surface area (Å²) in [4.78, 5) is 43.3. The lowest BCUT2D eigenvalue weighted by atomic mass is 10.00. The quantitative estimate of drug-likeness (QED) is 0.260. The maximum atomic E-state index is 13.9. The van der Waals surface area contributed by atoms with Gasteiger partial charge in [-0.05, 0) is 44.0 Å². The first-order valence-corrected chi connectivity index (χ1v) is 16.1. The number of aryl methyl sites for hydroxylation is 1. The average molecular weight is 661 g/mol. The summed E-state index contributed by atoms with van der Waals surface area (Å²) >= 11 is 7.66. The van der Waals surface area contributed by atoms with Gasteiger partial charge in [0.2, 0.25) is 0 Å². The fourth-order valence-electron chi connectivity index (χ4n) is 6.16. The van der Waals surface area contributed by atoms with Gasteiger partial charge in [0.15, 0.2) is 0 Å². The second kappa shape index (κ2) is 11.8. The van der Waals surface area contributed by atoms with E-state index in [1.54, 1.807) is 42.8 Å². The first-order chi connectivity index (χ1) is 22.7. The number of nitriles is 2. The highest BCUT2D eigenvalue weighted by Gasteiger charge is 2.49. The number of pyridine rings is 2. The van der Waals surface area contributed by atoms with Crippen LogP contribution in [0.25, 0.3) is 32.2 Å². The Labute approximate surface area is 277 Å². The molecule has 0 radical (unpaired) electrons. The van der Waals surface area contributed by atoms with Crippen LogP contribution < -0.4 is 10.5 Å². The van der Waals surface area contributed by atoms with E-state index in [0.717, 1.165) is 18.4 Å². The number of fused-ring (bicyclic) bond motifs is 2. The van der Waals surface area contributed by atoms with E-state index in [9.17, 15) is 25.2 Å². The van der Waals surface area contributed by atoms with Crippen LogP contribution in [-0.2, 0) is 6.54 Å². The Kier molecular flexibility index (Phi) is 7.62. The topological polar surface area (TPSA) is 152 Å². The SMILES string of the molecule is Cc1nc2cnc(N3CCN(C4(C#N)CC4)CC3)c(C#N)c2c(=O)n1CC#Cc1ccc(Cl)cc1-c1ccnc2c(C(=O)O)csc12. The highest BCUT2D eigenvalue weighted by Crippen LogP contribution is 2.42. The maximum absolute atomic E-state index is 13.9. The molecule has 4 aromatic heterocycles. The van der Waals surface area contributed by atoms with Crippen LogP contribution in [0, 0.1) is 41.4 Å². The van der Waals surface area contributed by atoms with Gasteiger partial charge in [-0.3, -0.25) is 19.2 Å². The van der Waals surface area contributed by atoms with E-state index >= 15 is 0 Å². The van der Waals surface area contributed by atoms with Crippen LogP contribution >= 0.6 is 22.9 Å². The van der Waals surface area contributed by atoms with Crippen LogP contribution in [0.3, 0.4) is 0 Å². The molecule has 1 aliphatic heterocycles. The fourth-order valence-corrected chi connectivity index (χ4v) is 7.36. The molecule has 0 unspecified atom stereocenters. The number of anilines is 1. The molecule has 1 saturated heterocycles. The van der Waals surface area contributed by atoms with Gasteiger partial charge >= 0.3 is 5.97 Å². The molecule has 5 heterocycles. The third kappa shape index (κ3) is 5.25. The molecule has 1 N–H and O–H groups in total. The molecule has 0 bridgehead atoms. The van der Waals surface area contributed by atoms with E-state index in [1.807, 2.05) is 4.90 Å². The number of rotatable bonds is 5. The van der Waals surface area contributed by atoms with E-state index in [-0.39, 0.29) is 34.2 Å². The van der Waals surface area contributed by atoms with Crippen molar-refractivity contribution in [3.8, 4) is 35.1 Å². The second-order valence-electron chi connectivity index (χ2n) is 11.5. The largest absolute Gasteiger partial charge is 0.478 e. The fraction of sp³-hybridized carbons (Fsp3) is 0.265. The van der Waals surface area contributed by atoms with Crippen molar-refractivity contribution < 1.29 is 9.90 Å². The Bertz CT molecular complexity index is 2330. The van der Waals surface area contributed by atoms with Crippen molar-refractivity contribution >= 4 is 55.8 Å². The number of aromatic nitrogens is 4. The van der Waals surface area contributed by atoms with E-state index in [2.05, 4.69) is 43.8 Å². The van der Waals surface area contributed by atoms with Gasteiger partial charge in [0.25, 0.3) is 5.56 Å². The molecule has 2 aliphatic rings. The van der Waals surface area contributed by atoms with Gasteiger partial charge in [0, 0.05) is 59.5 Å². The van der Waals surface area contributed by atoms with Crippen molar-refractivity contribution in [3.05, 3.63) is 79.9 Å². The van der Waals surface area contributed by atoms with Crippen LogP contribution in [0.1, 0.15) is 40.2 Å². The Hall–Kier alpha value is -5.32. The van der Waals surface area contributed by atoms with E-state index in [1.165, 1.54) is 22.1 Å². The minimum atomic E-state index is -1.05. The minimum absolute atomic E-state index is 0.0149. The van der Waals surface area contributed by atoms with Gasteiger partial charge in [0.05, 0.1) is 45.5 Å². The Morgan fingerprint density at radius 2 is 1.91 bits per heavy atom. The second-order valence-corrected chi connectivity index (χ2v) is 12.8. The monoisotopic (exact) mass is 660 g/mol. The van der Waals surface area contributed by atoms with Gasteiger partial charge in [-0.1, -0.05) is 23.4 Å². The third-order valence-electron chi connectivity index (χ3n) is 8.82. The Morgan fingerprint density at radius 1 is 1.13 bits per heavy atom. The number of aromatic carboxylic acids is 1. The lowest BCUT2D eigenvalue weighted by Gasteiger charge is -2.38. The Balaban J connectivity index is 1.22. The molecular formula is C34H25ClN8O3S. The predicted octanol–water partition coefficient (Wildman–Crippen LogP) is 4.83. The smallest absolute Gasteiger partial charge is 0.338 e. The zero-order valence-corrected chi connectivity index (χ0v) is 26.7. The summed E-state index contributed by atoms with van der Waals surface area (Å²) in [6.45, 7) is 4.26. The molecule has 1 aromatic carbocycles. The minimum Gasteiger partial charge on any atom is -0.478 e. The molecular weight excluding hydrogens is 636 g/mol. The molecule has 232 valence electrons. The molecule has 47 heavy (non-hydrogen) atoms. The standard InChI is InChI=1S/C34H25ClN8O3S/c1-20-40-27-17-39-31(41-11-13-42(14-12-41)34(19-37)7-8-34)25(16-36)28(27)32(44)43(20)10-2-3-21-4-5-22(35)15-24(21)23-6-9-38-29-26(33(45)46)18-47-30(23)29/h4-6,9,15,17-18H,7-8,10-14H2,1H3,(H,45,46). The Morgan fingerprint density at radius 3 is 2.62 bits per heavy atom. The van der Waals surface area contributed by atoms with Crippen molar-refractivity contribution in [1.29, 1.82) is 10.5 Å². The summed E-state index contributed by atoms with van der Waals surface area (Å²) in [5.41, 5.74) is 2.40. The molecule has 1 saturated carbocycles.